The van der Waals surface area contributed by atoms with Crippen LogP contribution >= 0.6 is 11.6 Å². The highest BCUT2D eigenvalue weighted by Crippen LogP contribution is 2.21. The van der Waals surface area contributed by atoms with Crippen molar-refractivity contribution in [2.75, 3.05) is 11.9 Å². The van der Waals surface area contributed by atoms with Gasteiger partial charge in [-0.1, -0.05) is 11.6 Å². The molecule has 2 aromatic rings. The van der Waals surface area contributed by atoms with Crippen molar-refractivity contribution >= 4 is 39.2 Å². The van der Waals surface area contributed by atoms with E-state index in [4.69, 9.17) is 22.1 Å². The molecule has 2 aromatic carbocycles. The van der Waals surface area contributed by atoms with E-state index in [0.717, 1.165) is 5.56 Å². The van der Waals surface area contributed by atoms with Crippen molar-refractivity contribution in [1.29, 1.82) is 0 Å². The number of anilines is 1. The molecule has 8 nitrogen and oxygen atoms in total. The van der Waals surface area contributed by atoms with E-state index in [0.29, 0.717) is 16.5 Å². The number of benzene rings is 2. The van der Waals surface area contributed by atoms with Gasteiger partial charge in [0, 0.05) is 10.7 Å². The molecule has 0 saturated heterocycles. The summed E-state index contributed by atoms with van der Waals surface area (Å²) in [6.45, 7) is 1.57. The van der Waals surface area contributed by atoms with Crippen LogP contribution in [0.4, 0.5) is 10.5 Å². The van der Waals surface area contributed by atoms with Gasteiger partial charge in [-0.25, -0.2) is 17.9 Å². The number of halogens is 1. The molecule has 0 spiro atoms. The number of carbonyl (C=O) groups is 2. The highest BCUT2D eigenvalue weighted by molar-refractivity contribution is 7.90. The molecule has 138 valence electrons. The predicted octanol–water partition coefficient (Wildman–Crippen LogP) is 2.02. The number of carbonyl (C=O) groups excluding carboxylic acids is 2. The number of nitrogens with two attached hydrogens (primary N) is 1. The molecule has 0 aliphatic carbocycles. The maximum absolute atomic E-state index is 11.9. The minimum Gasteiger partial charge on any atom is -0.483 e. The molecule has 4 N–H and O–H groups in total. The van der Waals surface area contributed by atoms with Crippen LogP contribution in [0.15, 0.2) is 47.4 Å². The Balaban J connectivity index is 1.96. The lowest BCUT2D eigenvalue weighted by Crippen LogP contribution is -2.34. The Labute approximate surface area is 155 Å². The number of hydrogen-bond donors (Lipinski definition) is 3. The number of sulfonamides is 1. The van der Waals surface area contributed by atoms with Crippen molar-refractivity contribution in [1.82, 2.24) is 4.72 Å². The minimum absolute atomic E-state index is 0.165. The fraction of sp³-hybridized carbons (Fsp3) is 0.125. The lowest BCUT2D eigenvalue weighted by Gasteiger charge is -2.10. The van der Waals surface area contributed by atoms with Crippen LogP contribution < -0.4 is 20.5 Å². The summed E-state index contributed by atoms with van der Waals surface area (Å²) in [4.78, 5) is 22.5. The average molecular weight is 398 g/mol. The maximum atomic E-state index is 11.9. The van der Waals surface area contributed by atoms with Crippen molar-refractivity contribution in [3.63, 3.8) is 0 Å². The third kappa shape index (κ3) is 5.36. The first-order chi connectivity index (χ1) is 12.2. The molecular formula is C16H16ClN3O5S. The number of primary amides is 1. The Bertz CT molecular complexity index is 929. The topological polar surface area (TPSA) is 128 Å². The van der Waals surface area contributed by atoms with Gasteiger partial charge in [-0.15, -0.1) is 0 Å². The van der Waals surface area contributed by atoms with Gasteiger partial charge in [0.2, 0.25) is 0 Å². The van der Waals surface area contributed by atoms with E-state index < -0.39 is 22.0 Å². The molecular weight excluding hydrogens is 382 g/mol. The molecule has 0 bridgehead atoms. The average Bonchev–Trinajstić information content (AvgIpc) is 2.53. The highest BCUT2D eigenvalue weighted by atomic mass is 35.5. The van der Waals surface area contributed by atoms with Crippen molar-refractivity contribution in [3.8, 4) is 5.75 Å². The van der Waals surface area contributed by atoms with Crippen molar-refractivity contribution in [2.24, 2.45) is 5.73 Å². The summed E-state index contributed by atoms with van der Waals surface area (Å²) in [7, 11) is -4.03. The molecule has 0 atom stereocenters. The number of rotatable bonds is 6. The first kappa shape index (κ1) is 19.5. The second-order valence-electron chi connectivity index (χ2n) is 5.24. The van der Waals surface area contributed by atoms with Crippen LogP contribution in [-0.4, -0.2) is 27.0 Å². The third-order valence-electron chi connectivity index (χ3n) is 3.18. The van der Waals surface area contributed by atoms with Gasteiger partial charge in [-0.3, -0.25) is 4.79 Å². The summed E-state index contributed by atoms with van der Waals surface area (Å²) in [5.74, 6) is 0.105. The minimum atomic E-state index is -4.03. The van der Waals surface area contributed by atoms with E-state index in [1.807, 2.05) is 0 Å². The standard InChI is InChI=1S/C16H16ClN3O5S/c1-10-8-11(17)2-7-14(10)25-9-15(21)19-12-3-5-13(6-4-12)26(23,24)20-16(18)22/h2-8H,9H2,1H3,(H,19,21)(H3,18,20,22). The first-order valence-corrected chi connectivity index (χ1v) is 9.14. The van der Waals surface area contributed by atoms with Gasteiger partial charge in [-0.05, 0) is 55.0 Å². The van der Waals surface area contributed by atoms with Crippen LogP contribution in [0, 0.1) is 6.92 Å². The molecule has 0 radical (unpaired) electrons. The van der Waals surface area contributed by atoms with Crippen molar-refractivity contribution < 1.29 is 22.7 Å². The van der Waals surface area contributed by atoms with Crippen LogP contribution in [0.3, 0.4) is 0 Å². The number of urea groups is 1. The third-order valence-corrected chi connectivity index (χ3v) is 4.78. The van der Waals surface area contributed by atoms with E-state index in [-0.39, 0.29) is 11.5 Å². The van der Waals surface area contributed by atoms with E-state index in [1.165, 1.54) is 24.3 Å². The van der Waals surface area contributed by atoms with Gasteiger partial charge in [-0.2, -0.15) is 0 Å². The summed E-state index contributed by atoms with van der Waals surface area (Å²) in [6, 6.07) is 9.06. The summed E-state index contributed by atoms with van der Waals surface area (Å²) < 4.78 is 30.6. The van der Waals surface area contributed by atoms with Crippen molar-refractivity contribution in [2.45, 2.75) is 11.8 Å². The molecule has 3 amide bonds. The molecule has 0 fully saturated rings. The van der Waals surface area contributed by atoms with Gasteiger partial charge < -0.3 is 15.8 Å². The molecule has 26 heavy (non-hydrogen) atoms. The van der Waals surface area contributed by atoms with Crippen LogP contribution in [0.1, 0.15) is 5.56 Å². The van der Waals surface area contributed by atoms with Crippen LogP contribution in [-0.2, 0) is 14.8 Å². The summed E-state index contributed by atoms with van der Waals surface area (Å²) >= 11 is 5.85. The zero-order chi connectivity index (χ0) is 19.3. The summed E-state index contributed by atoms with van der Waals surface area (Å²) in [6.07, 6.45) is 0. The predicted molar refractivity (Wildman–Crippen MR) is 96.7 cm³/mol. The number of amides is 3. The summed E-state index contributed by atoms with van der Waals surface area (Å²) in [5.41, 5.74) is 5.96. The second kappa shape index (κ2) is 8.07. The molecule has 0 aliphatic heterocycles. The van der Waals surface area contributed by atoms with E-state index in [2.05, 4.69) is 5.32 Å². The molecule has 0 aliphatic rings. The quantitative estimate of drug-likeness (QED) is 0.687. The van der Waals surface area contributed by atoms with Gasteiger partial charge in [0.25, 0.3) is 15.9 Å². The fourth-order valence-corrected chi connectivity index (χ4v) is 3.13. The molecule has 10 heteroatoms. The van der Waals surface area contributed by atoms with Gasteiger partial charge >= 0.3 is 6.03 Å². The second-order valence-corrected chi connectivity index (χ2v) is 7.36. The van der Waals surface area contributed by atoms with Crippen LogP contribution in [0.2, 0.25) is 5.02 Å². The normalized spacial score (nSPS) is 10.8. The van der Waals surface area contributed by atoms with E-state index in [1.54, 1.807) is 29.8 Å². The van der Waals surface area contributed by atoms with Gasteiger partial charge in [0.1, 0.15) is 5.75 Å². The molecule has 2 rings (SSSR count). The first-order valence-electron chi connectivity index (χ1n) is 7.28. The number of hydrogen-bond acceptors (Lipinski definition) is 5. The Morgan fingerprint density at radius 1 is 1.15 bits per heavy atom. The van der Waals surface area contributed by atoms with Gasteiger partial charge in [0.15, 0.2) is 6.61 Å². The smallest absolute Gasteiger partial charge is 0.326 e. The molecule has 0 heterocycles. The van der Waals surface area contributed by atoms with Crippen LogP contribution in [0.25, 0.3) is 0 Å². The van der Waals surface area contributed by atoms with E-state index >= 15 is 0 Å². The van der Waals surface area contributed by atoms with Crippen LogP contribution in [0.5, 0.6) is 5.75 Å². The molecule has 0 unspecified atom stereocenters. The zero-order valence-corrected chi connectivity index (χ0v) is 15.2. The SMILES string of the molecule is Cc1cc(Cl)ccc1OCC(=O)Nc1ccc(S(=O)(=O)NC(N)=O)cc1. The lowest BCUT2D eigenvalue weighted by molar-refractivity contribution is -0.118. The maximum Gasteiger partial charge on any atom is 0.326 e. The Kier molecular flexibility index (Phi) is 6.06. The van der Waals surface area contributed by atoms with Crippen molar-refractivity contribution in [3.05, 3.63) is 53.1 Å². The number of nitrogens with one attached hydrogen (secondary N) is 2. The summed E-state index contributed by atoms with van der Waals surface area (Å²) in [5, 5.41) is 3.14. The number of ether oxygens (including phenoxy) is 1. The van der Waals surface area contributed by atoms with Gasteiger partial charge in [0.05, 0.1) is 4.90 Å². The Morgan fingerprint density at radius 3 is 2.38 bits per heavy atom. The monoisotopic (exact) mass is 397 g/mol. The zero-order valence-electron chi connectivity index (χ0n) is 13.7. The Hall–Kier alpha value is -2.78. The largest absolute Gasteiger partial charge is 0.483 e. The number of aryl methyl sites for hydroxylation is 1. The fourth-order valence-electron chi connectivity index (χ4n) is 2.02. The Morgan fingerprint density at radius 2 is 1.81 bits per heavy atom. The molecule has 0 saturated carbocycles. The van der Waals surface area contributed by atoms with E-state index in [9.17, 15) is 18.0 Å². The highest BCUT2D eigenvalue weighted by Gasteiger charge is 2.15. The lowest BCUT2D eigenvalue weighted by atomic mass is 10.2. The molecule has 0 aromatic heterocycles.